The molecule has 0 amide bonds. The number of benzene rings is 1. The van der Waals surface area contributed by atoms with Crippen LogP contribution in [-0.4, -0.2) is 10.1 Å². The van der Waals surface area contributed by atoms with Gasteiger partial charge in [0, 0.05) is 16.6 Å². The molecule has 1 aliphatic carbocycles. The number of aryl methyl sites for hydroxylation is 2. The Bertz CT molecular complexity index is 498. The van der Waals surface area contributed by atoms with E-state index in [4.69, 9.17) is 0 Å². The van der Waals surface area contributed by atoms with Crippen molar-refractivity contribution in [2.75, 3.05) is 0 Å². The van der Waals surface area contributed by atoms with E-state index in [1.54, 1.807) is 0 Å². The molecule has 0 spiro atoms. The lowest BCUT2D eigenvalue weighted by molar-refractivity contribution is 0.176. The van der Waals surface area contributed by atoms with Crippen LogP contribution in [0.2, 0.25) is 0 Å². The van der Waals surface area contributed by atoms with Crippen molar-refractivity contribution in [1.29, 1.82) is 0 Å². The second-order valence-corrected chi connectivity index (χ2v) is 4.12. The SMILES string of the molecule is Cc1ccc2[nH]c3c(c2c1)CCC3O. The van der Waals surface area contributed by atoms with Gasteiger partial charge in [0.05, 0.1) is 6.10 Å². The fourth-order valence-corrected chi connectivity index (χ4v) is 2.36. The van der Waals surface area contributed by atoms with Crippen LogP contribution < -0.4 is 0 Å². The van der Waals surface area contributed by atoms with Crippen molar-refractivity contribution >= 4 is 10.9 Å². The van der Waals surface area contributed by atoms with Crippen LogP contribution in [0.15, 0.2) is 18.2 Å². The summed E-state index contributed by atoms with van der Waals surface area (Å²) in [7, 11) is 0. The van der Waals surface area contributed by atoms with E-state index in [2.05, 4.69) is 30.1 Å². The summed E-state index contributed by atoms with van der Waals surface area (Å²) < 4.78 is 0. The lowest BCUT2D eigenvalue weighted by Crippen LogP contribution is -1.89. The molecule has 2 nitrogen and oxygen atoms in total. The molecule has 0 saturated carbocycles. The quantitative estimate of drug-likeness (QED) is 0.653. The molecule has 14 heavy (non-hydrogen) atoms. The smallest absolute Gasteiger partial charge is 0.0944 e. The first-order chi connectivity index (χ1) is 6.75. The highest BCUT2D eigenvalue weighted by Crippen LogP contribution is 2.36. The number of rotatable bonds is 0. The normalized spacial score (nSPS) is 20.3. The predicted molar refractivity (Wildman–Crippen MR) is 56.3 cm³/mol. The first-order valence-corrected chi connectivity index (χ1v) is 5.05. The number of aliphatic hydroxyl groups excluding tert-OH is 1. The summed E-state index contributed by atoms with van der Waals surface area (Å²) in [6, 6.07) is 6.39. The Morgan fingerprint density at radius 1 is 1.43 bits per heavy atom. The molecule has 3 rings (SSSR count). The van der Waals surface area contributed by atoms with Crippen molar-refractivity contribution in [3.63, 3.8) is 0 Å². The van der Waals surface area contributed by atoms with Crippen LogP contribution in [0.4, 0.5) is 0 Å². The molecule has 2 N–H and O–H groups in total. The Morgan fingerprint density at radius 2 is 2.29 bits per heavy atom. The number of H-pyrrole nitrogens is 1. The molecule has 1 aliphatic rings. The summed E-state index contributed by atoms with van der Waals surface area (Å²) in [5.41, 5.74) is 4.78. The Labute approximate surface area is 82.6 Å². The van der Waals surface area contributed by atoms with Gasteiger partial charge in [-0.1, -0.05) is 11.6 Å². The van der Waals surface area contributed by atoms with Gasteiger partial charge in [-0.05, 0) is 37.5 Å². The van der Waals surface area contributed by atoms with Gasteiger partial charge in [-0.2, -0.15) is 0 Å². The number of aliphatic hydroxyl groups is 1. The Hall–Kier alpha value is -1.28. The first kappa shape index (κ1) is 8.06. The zero-order chi connectivity index (χ0) is 9.71. The number of nitrogens with one attached hydrogen (secondary N) is 1. The summed E-state index contributed by atoms with van der Waals surface area (Å²) in [6.45, 7) is 2.10. The van der Waals surface area contributed by atoms with Crippen molar-refractivity contribution in [3.8, 4) is 0 Å². The van der Waals surface area contributed by atoms with Crippen molar-refractivity contribution in [2.45, 2.75) is 25.9 Å². The first-order valence-electron chi connectivity index (χ1n) is 5.05. The molecule has 1 aromatic carbocycles. The van der Waals surface area contributed by atoms with Gasteiger partial charge in [0.25, 0.3) is 0 Å². The highest BCUT2D eigenvalue weighted by atomic mass is 16.3. The van der Waals surface area contributed by atoms with Gasteiger partial charge in [-0.25, -0.2) is 0 Å². The molecule has 1 aromatic heterocycles. The Morgan fingerprint density at radius 3 is 3.14 bits per heavy atom. The van der Waals surface area contributed by atoms with Crippen LogP contribution in [0.1, 0.15) is 29.3 Å². The van der Waals surface area contributed by atoms with Crippen LogP contribution in [0.25, 0.3) is 10.9 Å². The summed E-state index contributed by atoms with van der Waals surface area (Å²) >= 11 is 0. The van der Waals surface area contributed by atoms with Crippen LogP contribution in [0, 0.1) is 6.92 Å². The minimum Gasteiger partial charge on any atom is -0.387 e. The highest BCUT2D eigenvalue weighted by molar-refractivity contribution is 5.86. The van der Waals surface area contributed by atoms with Gasteiger partial charge >= 0.3 is 0 Å². The second kappa shape index (κ2) is 2.61. The van der Waals surface area contributed by atoms with E-state index in [1.165, 1.54) is 16.5 Å². The standard InChI is InChI=1S/C12H13NO/c1-7-2-4-10-9(6-7)8-3-5-11(14)12(8)13-10/h2,4,6,11,13-14H,3,5H2,1H3. The largest absolute Gasteiger partial charge is 0.387 e. The van der Waals surface area contributed by atoms with Gasteiger partial charge in [0.2, 0.25) is 0 Å². The van der Waals surface area contributed by atoms with E-state index in [-0.39, 0.29) is 6.10 Å². The summed E-state index contributed by atoms with van der Waals surface area (Å²) in [5.74, 6) is 0. The Kier molecular flexibility index (Phi) is 1.50. The average molecular weight is 187 g/mol. The minimum absolute atomic E-state index is 0.280. The monoisotopic (exact) mass is 187 g/mol. The minimum atomic E-state index is -0.280. The third-order valence-corrected chi connectivity index (χ3v) is 3.10. The third-order valence-electron chi connectivity index (χ3n) is 3.10. The van der Waals surface area contributed by atoms with Crippen LogP contribution in [-0.2, 0) is 6.42 Å². The fraction of sp³-hybridized carbons (Fsp3) is 0.333. The molecule has 0 saturated heterocycles. The summed E-state index contributed by atoms with van der Waals surface area (Å²) in [5, 5.41) is 11.0. The van der Waals surface area contributed by atoms with Crippen LogP contribution in [0.3, 0.4) is 0 Å². The van der Waals surface area contributed by atoms with Gasteiger partial charge < -0.3 is 10.1 Å². The summed E-state index contributed by atoms with van der Waals surface area (Å²) in [6.07, 6.45) is 1.59. The molecule has 0 bridgehead atoms. The van der Waals surface area contributed by atoms with Gasteiger partial charge in [0.15, 0.2) is 0 Å². The molecule has 2 aromatic rings. The van der Waals surface area contributed by atoms with E-state index in [0.29, 0.717) is 0 Å². The molecule has 0 radical (unpaired) electrons. The molecular formula is C12H13NO. The lowest BCUT2D eigenvalue weighted by atomic mass is 10.1. The topological polar surface area (TPSA) is 36.0 Å². The zero-order valence-electron chi connectivity index (χ0n) is 8.17. The molecule has 0 aliphatic heterocycles. The van der Waals surface area contributed by atoms with Gasteiger partial charge in [-0.3, -0.25) is 0 Å². The number of hydrogen-bond donors (Lipinski definition) is 2. The van der Waals surface area contributed by atoms with Crippen LogP contribution in [0.5, 0.6) is 0 Å². The zero-order valence-corrected chi connectivity index (χ0v) is 8.17. The number of fused-ring (bicyclic) bond motifs is 3. The highest BCUT2D eigenvalue weighted by Gasteiger charge is 2.24. The second-order valence-electron chi connectivity index (χ2n) is 4.12. The van der Waals surface area contributed by atoms with E-state index in [1.807, 2.05) is 0 Å². The molecule has 1 atom stereocenters. The maximum Gasteiger partial charge on any atom is 0.0944 e. The predicted octanol–water partition coefficient (Wildman–Crippen LogP) is 2.46. The van der Waals surface area contributed by atoms with E-state index >= 15 is 0 Å². The van der Waals surface area contributed by atoms with Crippen molar-refractivity contribution in [1.82, 2.24) is 4.98 Å². The van der Waals surface area contributed by atoms with Gasteiger partial charge in [0.1, 0.15) is 0 Å². The van der Waals surface area contributed by atoms with Gasteiger partial charge in [-0.15, -0.1) is 0 Å². The molecule has 2 heteroatoms. The molecule has 0 fully saturated rings. The average Bonchev–Trinajstić information content (AvgIpc) is 2.67. The molecule has 1 unspecified atom stereocenters. The Balaban J connectivity index is 2.36. The number of aromatic nitrogens is 1. The number of aromatic amines is 1. The van der Waals surface area contributed by atoms with Crippen molar-refractivity contribution in [2.24, 2.45) is 0 Å². The summed E-state index contributed by atoms with van der Waals surface area (Å²) in [4.78, 5) is 3.30. The van der Waals surface area contributed by atoms with E-state index < -0.39 is 0 Å². The van der Waals surface area contributed by atoms with E-state index in [9.17, 15) is 5.11 Å². The maximum atomic E-state index is 9.72. The van der Waals surface area contributed by atoms with Crippen molar-refractivity contribution < 1.29 is 5.11 Å². The molecule has 1 heterocycles. The number of hydrogen-bond acceptors (Lipinski definition) is 1. The maximum absolute atomic E-state index is 9.72. The lowest BCUT2D eigenvalue weighted by Gasteiger charge is -1.98. The third kappa shape index (κ3) is 0.946. The fourth-order valence-electron chi connectivity index (χ4n) is 2.36. The van der Waals surface area contributed by atoms with Crippen molar-refractivity contribution in [3.05, 3.63) is 35.0 Å². The molecule has 72 valence electrons. The van der Waals surface area contributed by atoms with E-state index in [0.717, 1.165) is 24.1 Å². The van der Waals surface area contributed by atoms with Crippen LogP contribution >= 0.6 is 0 Å². The molecular weight excluding hydrogens is 174 g/mol.